The van der Waals surface area contributed by atoms with E-state index in [0.717, 1.165) is 0 Å². The number of likely N-dealkylation sites (N-methyl/N-ethyl adjacent to an activating group) is 1. The minimum absolute atomic E-state index is 0.107. The molecule has 5 heteroatoms. The van der Waals surface area contributed by atoms with Gasteiger partial charge in [0.1, 0.15) is 11.5 Å². The number of anilines is 1. The van der Waals surface area contributed by atoms with Gasteiger partial charge < -0.3 is 14.8 Å². The third kappa shape index (κ3) is 4.77. The lowest BCUT2D eigenvalue weighted by Crippen LogP contribution is -2.30. The van der Waals surface area contributed by atoms with Crippen LogP contribution in [0.2, 0.25) is 0 Å². The van der Waals surface area contributed by atoms with E-state index in [-0.39, 0.29) is 12.5 Å². The van der Waals surface area contributed by atoms with E-state index >= 15 is 0 Å². The van der Waals surface area contributed by atoms with E-state index in [4.69, 9.17) is 9.47 Å². The predicted octanol–water partition coefficient (Wildman–Crippen LogP) is 3.93. The molecule has 0 saturated heterocycles. The Labute approximate surface area is 159 Å². The Balaban J connectivity index is 1.63. The van der Waals surface area contributed by atoms with Gasteiger partial charge >= 0.3 is 0 Å². The monoisotopic (exact) mass is 364 g/mol. The molecule has 5 nitrogen and oxygen atoms in total. The lowest BCUT2D eigenvalue weighted by Gasteiger charge is -2.18. The number of hydrogen-bond acceptors (Lipinski definition) is 4. The molecule has 27 heavy (non-hydrogen) atoms. The number of methoxy groups -OCH3 is 2. The minimum atomic E-state index is -0.107. The van der Waals surface area contributed by atoms with Gasteiger partial charge in [-0.25, -0.2) is 0 Å². The van der Waals surface area contributed by atoms with Crippen LogP contribution < -0.4 is 14.8 Å². The normalized spacial score (nSPS) is 10.8. The van der Waals surface area contributed by atoms with Gasteiger partial charge in [-0.15, -0.1) is 0 Å². The average molecular weight is 364 g/mol. The van der Waals surface area contributed by atoms with Crippen LogP contribution in [0.4, 0.5) is 5.69 Å². The number of hydrogen-bond donors (Lipinski definition) is 1. The van der Waals surface area contributed by atoms with Crippen molar-refractivity contribution in [2.45, 2.75) is 6.54 Å². The van der Waals surface area contributed by atoms with Gasteiger partial charge in [0, 0.05) is 12.6 Å². The summed E-state index contributed by atoms with van der Waals surface area (Å²) < 4.78 is 10.5. The van der Waals surface area contributed by atoms with Crippen molar-refractivity contribution in [2.75, 3.05) is 33.1 Å². The molecule has 1 amide bonds. The number of amides is 1. The standard InChI is InChI=1S/C22H24N2O3/c1-24(14-16-8-9-17-6-4-5-7-18(17)12-16)15-22(25)23-20-13-19(26-2)10-11-21(20)27-3/h4-13H,14-15H2,1-3H3,(H,23,25). The molecule has 0 heterocycles. The summed E-state index contributed by atoms with van der Waals surface area (Å²) in [5.41, 5.74) is 1.77. The molecule has 0 radical (unpaired) electrons. The van der Waals surface area contributed by atoms with Crippen LogP contribution in [0.3, 0.4) is 0 Å². The first-order valence-corrected chi connectivity index (χ1v) is 8.77. The first-order valence-electron chi connectivity index (χ1n) is 8.77. The molecule has 0 fully saturated rings. The second-order valence-corrected chi connectivity index (χ2v) is 6.47. The highest BCUT2D eigenvalue weighted by molar-refractivity contribution is 5.94. The summed E-state index contributed by atoms with van der Waals surface area (Å²) >= 11 is 0. The fourth-order valence-electron chi connectivity index (χ4n) is 3.05. The van der Waals surface area contributed by atoms with E-state index in [2.05, 4.69) is 35.6 Å². The van der Waals surface area contributed by atoms with Crippen LogP contribution in [0.15, 0.2) is 60.7 Å². The molecule has 0 aromatic heterocycles. The Morgan fingerprint density at radius 1 is 0.963 bits per heavy atom. The average Bonchev–Trinajstić information content (AvgIpc) is 2.67. The van der Waals surface area contributed by atoms with Gasteiger partial charge in [0.2, 0.25) is 5.91 Å². The van der Waals surface area contributed by atoms with Crippen LogP contribution in [0.25, 0.3) is 10.8 Å². The molecule has 0 saturated carbocycles. The lowest BCUT2D eigenvalue weighted by atomic mass is 10.1. The number of carbonyl (C=O) groups excluding carboxylic acids is 1. The number of carbonyl (C=O) groups is 1. The van der Waals surface area contributed by atoms with Crippen LogP contribution in [0.5, 0.6) is 11.5 Å². The number of nitrogens with one attached hydrogen (secondary N) is 1. The van der Waals surface area contributed by atoms with Crippen LogP contribution in [0.1, 0.15) is 5.56 Å². The Hall–Kier alpha value is -3.05. The summed E-state index contributed by atoms with van der Waals surface area (Å²) in [6, 6.07) is 19.9. The summed E-state index contributed by atoms with van der Waals surface area (Å²) in [7, 11) is 5.09. The van der Waals surface area contributed by atoms with Crippen molar-refractivity contribution in [3.05, 3.63) is 66.2 Å². The molecule has 1 N–H and O–H groups in total. The molecular weight excluding hydrogens is 340 g/mol. The summed E-state index contributed by atoms with van der Waals surface area (Å²) in [6.45, 7) is 0.959. The van der Waals surface area contributed by atoms with Crippen molar-refractivity contribution in [1.29, 1.82) is 0 Å². The molecule has 0 spiro atoms. The number of fused-ring (bicyclic) bond motifs is 1. The van der Waals surface area contributed by atoms with Gasteiger partial charge in [-0.05, 0) is 41.6 Å². The van der Waals surface area contributed by atoms with Crippen LogP contribution in [-0.4, -0.2) is 38.6 Å². The summed E-state index contributed by atoms with van der Waals surface area (Å²) in [4.78, 5) is 14.4. The van der Waals surface area contributed by atoms with E-state index in [9.17, 15) is 4.79 Å². The molecule has 0 aliphatic carbocycles. The topological polar surface area (TPSA) is 50.8 Å². The zero-order valence-corrected chi connectivity index (χ0v) is 15.9. The Morgan fingerprint density at radius 2 is 1.74 bits per heavy atom. The Morgan fingerprint density at radius 3 is 2.48 bits per heavy atom. The third-order valence-corrected chi connectivity index (χ3v) is 4.36. The number of nitrogens with zero attached hydrogens (tertiary/aromatic N) is 1. The minimum Gasteiger partial charge on any atom is -0.497 e. The molecule has 0 unspecified atom stereocenters. The largest absolute Gasteiger partial charge is 0.497 e. The van der Waals surface area contributed by atoms with Crippen molar-refractivity contribution in [3.8, 4) is 11.5 Å². The Bertz CT molecular complexity index is 940. The van der Waals surface area contributed by atoms with Crippen molar-refractivity contribution in [3.63, 3.8) is 0 Å². The Kier molecular flexibility index (Phi) is 5.94. The highest BCUT2D eigenvalue weighted by atomic mass is 16.5. The van der Waals surface area contributed by atoms with Gasteiger partial charge in [-0.2, -0.15) is 0 Å². The van der Waals surface area contributed by atoms with Gasteiger partial charge in [0.15, 0.2) is 0 Å². The summed E-state index contributed by atoms with van der Waals surface area (Å²) in [5, 5.41) is 5.31. The maximum Gasteiger partial charge on any atom is 0.238 e. The fraction of sp³-hybridized carbons (Fsp3) is 0.227. The molecule has 3 aromatic carbocycles. The zero-order valence-electron chi connectivity index (χ0n) is 15.9. The first kappa shape index (κ1) is 18.7. The van der Waals surface area contributed by atoms with E-state index in [1.165, 1.54) is 16.3 Å². The van der Waals surface area contributed by atoms with Crippen LogP contribution in [0, 0.1) is 0 Å². The summed E-state index contributed by atoms with van der Waals surface area (Å²) in [5.74, 6) is 1.15. The second kappa shape index (κ2) is 8.56. The predicted molar refractivity (Wildman–Crippen MR) is 108 cm³/mol. The fourth-order valence-corrected chi connectivity index (χ4v) is 3.05. The molecule has 0 bridgehead atoms. The smallest absolute Gasteiger partial charge is 0.238 e. The first-order chi connectivity index (χ1) is 13.1. The van der Waals surface area contributed by atoms with E-state index in [1.807, 2.05) is 24.1 Å². The van der Waals surface area contributed by atoms with Gasteiger partial charge in [0.25, 0.3) is 0 Å². The zero-order chi connectivity index (χ0) is 19.2. The maximum absolute atomic E-state index is 12.4. The van der Waals surface area contributed by atoms with Gasteiger partial charge in [-0.1, -0.05) is 36.4 Å². The van der Waals surface area contributed by atoms with Crippen LogP contribution >= 0.6 is 0 Å². The van der Waals surface area contributed by atoms with Crippen molar-refractivity contribution in [2.24, 2.45) is 0 Å². The van der Waals surface area contributed by atoms with E-state index in [1.54, 1.807) is 32.4 Å². The third-order valence-electron chi connectivity index (χ3n) is 4.36. The highest BCUT2D eigenvalue weighted by Gasteiger charge is 2.12. The highest BCUT2D eigenvalue weighted by Crippen LogP contribution is 2.28. The number of ether oxygens (including phenoxy) is 2. The van der Waals surface area contributed by atoms with Crippen LogP contribution in [-0.2, 0) is 11.3 Å². The van der Waals surface area contributed by atoms with Gasteiger partial charge in [0.05, 0.1) is 26.5 Å². The lowest BCUT2D eigenvalue weighted by molar-refractivity contribution is -0.117. The van der Waals surface area contributed by atoms with E-state index in [0.29, 0.717) is 23.7 Å². The molecule has 3 rings (SSSR count). The summed E-state index contributed by atoms with van der Waals surface area (Å²) in [6.07, 6.45) is 0. The molecule has 3 aromatic rings. The van der Waals surface area contributed by atoms with Gasteiger partial charge in [-0.3, -0.25) is 9.69 Å². The molecular formula is C22H24N2O3. The molecule has 140 valence electrons. The molecule has 0 aliphatic rings. The second-order valence-electron chi connectivity index (χ2n) is 6.47. The maximum atomic E-state index is 12.4. The van der Waals surface area contributed by atoms with Crippen molar-refractivity contribution >= 4 is 22.4 Å². The molecule has 0 aliphatic heterocycles. The molecule has 0 atom stereocenters. The number of benzene rings is 3. The van der Waals surface area contributed by atoms with E-state index < -0.39 is 0 Å². The quantitative estimate of drug-likeness (QED) is 0.690. The number of rotatable bonds is 7. The van der Waals surface area contributed by atoms with Crippen molar-refractivity contribution in [1.82, 2.24) is 4.90 Å². The SMILES string of the molecule is COc1ccc(OC)c(NC(=O)CN(C)Cc2ccc3ccccc3c2)c1. The van der Waals surface area contributed by atoms with Crippen molar-refractivity contribution < 1.29 is 14.3 Å².